The van der Waals surface area contributed by atoms with Crippen LogP contribution in [0.15, 0.2) is 30.3 Å². The van der Waals surface area contributed by atoms with Crippen LogP contribution >= 0.6 is 0 Å². The second-order valence-corrected chi connectivity index (χ2v) is 5.03. The molecule has 0 spiro atoms. The van der Waals surface area contributed by atoms with E-state index in [1.165, 1.54) is 12.0 Å². The monoisotopic (exact) mass is 233 g/mol. The summed E-state index contributed by atoms with van der Waals surface area (Å²) in [4.78, 5) is 0. The number of nitrogens with one attached hydrogen (secondary N) is 1. The van der Waals surface area contributed by atoms with Gasteiger partial charge in [-0.15, -0.1) is 0 Å². The van der Waals surface area contributed by atoms with Gasteiger partial charge in [0.15, 0.2) is 0 Å². The zero-order valence-electron chi connectivity index (χ0n) is 10.9. The van der Waals surface area contributed by atoms with Crippen molar-refractivity contribution >= 4 is 0 Å². The van der Waals surface area contributed by atoms with Crippen LogP contribution in [0.25, 0.3) is 0 Å². The largest absolute Gasteiger partial charge is 0.377 e. The summed E-state index contributed by atoms with van der Waals surface area (Å²) in [5.41, 5.74) is 1.44. The van der Waals surface area contributed by atoms with Crippen molar-refractivity contribution in [2.24, 2.45) is 0 Å². The number of rotatable bonds is 5. The minimum atomic E-state index is 0.377. The third kappa shape index (κ3) is 3.55. The summed E-state index contributed by atoms with van der Waals surface area (Å²) >= 11 is 0. The summed E-state index contributed by atoms with van der Waals surface area (Å²) < 4.78 is 5.55. The Labute approximate surface area is 104 Å². The predicted octanol–water partition coefficient (Wildman–Crippen LogP) is 2.95. The summed E-state index contributed by atoms with van der Waals surface area (Å²) in [5.74, 6) is 0.626. The van der Waals surface area contributed by atoms with Crippen LogP contribution in [0.2, 0.25) is 0 Å². The van der Waals surface area contributed by atoms with Gasteiger partial charge in [-0.05, 0) is 37.8 Å². The zero-order valence-corrected chi connectivity index (χ0v) is 10.9. The average Bonchev–Trinajstić information content (AvgIpc) is 2.76. The van der Waals surface area contributed by atoms with Gasteiger partial charge >= 0.3 is 0 Å². The van der Waals surface area contributed by atoms with E-state index in [4.69, 9.17) is 4.74 Å². The summed E-state index contributed by atoms with van der Waals surface area (Å²) in [7, 11) is 0. The van der Waals surface area contributed by atoms with Gasteiger partial charge in [0, 0.05) is 12.6 Å². The Hall–Kier alpha value is -0.860. The number of hydrogen-bond donors (Lipinski definition) is 1. The fraction of sp³-hybridized carbons (Fsp3) is 0.600. The maximum absolute atomic E-state index is 5.55. The molecule has 0 saturated carbocycles. The molecule has 3 atom stereocenters. The molecule has 1 aromatic rings. The van der Waals surface area contributed by atoms with Gasteiger partial charge < -0.3 is 10.1 Å². The van der Waals surface area contributed by atoms with E-state index in [0.29, 0.717) is 18.1 Å². The molecule has 1 N–H and O–H groups in total. The molecule has 2 rings (SSSR count). The van der Waals surface area contributed by atoms with Crippen LogP contribution in [-0.4, -0.2) is 25.3 Å². The van der Waals surface area contributed by atoms with Crippen molar-refractivity contribution < 1.29 is 4.74 Å². The lowest BCUT2D eigenvalue weighted by Crippen LogP contribution is -2.35. The van der Waals surface area contributed by atoms with Gasteiger partial charge in [-0.2, -0.15) is 0 Å². The van der Waals surface area contributed by atoms with E-state index in [2.05, 4.69) is 49.5 Å². The molecule has 1 aliphatic heterocycles. The van der Waals surface area contributed by atoms with Gasteiger partial charge in [0.05, 0.1) is 6.10 Å². The highest BCUT2D eigenvalue weighted by molar-refractivity contribution is 5.18. The molecule has 0 aliphatic carbocycles. The zero-order chi connectivity index (χ0) is 12.1. The third-order valence-corrected chi connectivity index (χ3v) is 3.73. The van der Waals surface area contributed by atoms with E-state index in [-0.39, 0.29) is 0 Å². The van der Waals surface area contributed by atoms with Gasteiger partial charge in [-0.1, -0.05) is 37.3 Å². The predicted molar refractivity (Wildman–Crippen MR) is 71.3 cm³/mol. The fourth-order valence-corrected chi connectivity index (χ4v) is 2.43. The average molecular weight is 233 g/mol. The summed E-state index contributed by atoms with van der Waals surface area (Å²) in [6, 6.07) is 11.3. The van der Waals surface area contributed by atoms with E-state index in [9.17, 15) is 0 Å². The second-order valence-electron chi connectivity index (χ2n) is 5.03. The molecule has 1 fully saturated rings. The lowest BCUT2D eigenvalue weighted by Gasteiger charge is -2.18. The minimum Gasteiger partial charge on any atom is -0.377 e. The molecule has 17 heavy (non-hydrogen) atoms. The quantitative estimate of drug-likeness (QED) is 0.844. The molecule has 2 nitrogen and oxygen atoms in total. The van der Waals surface area contributed by atoms with Crippen molar-refractivity contribution in [1.29, 1.82) is 0 Å². The Kier molecular flexibility index (Phi) is 4.57. The van der Waals surface area contributed by atoms with Crippen LogP contribution in [0.4, 0.5) is 0 Å². The molecule has 0 amide bonds. The van der Waals surface area contributed by atoms with Gasteiger partial charge in [-0.25, -0.2) is 0 Å². The normalized spacial score (nSPS) is 26.0. The fourth-order valence-electron chi connectivity index (χ4n) is 2.43. The van der Waals surface area contributed by atoms with E-state index in [1.54, 1.807) is 0 Å². The summed E-state index contributed by atoms with van der Waals surface area (Å²) in [6.45, 7) is 6.44. The van der Waals surface area contributed by atoms with Crippen molar-refractivity contribution in [3.05, 3.63) is 35.9 Å². The molecular weight excluding hydrogens is 210 g/mol. The molecule has 1 aliphatic rings. The molecule has 3 unspecified atom stereocenters. The Balaban J connectivity index is 1.71. The highest BCUT2D eigenvalue weighted by atomic mass is 16.5. The topological polar surface area (TPSA) is 21.3 Å². The first-order chi connectivity index (χ1) is 8.27. The van der Waals surface area contributed by atoms with E-state index >= 15 is 0 Å². The van der Waals surface area contributed by atoms with Crippen molar-refractivity contribution in [2.45, 2.75) is 44.8 Å². The SMILES string of the molecule is CC(CCNC1CCOC1C)c1ccccc1. The Bertz CT molecular complexity index is 325. The molecule has 0 aromatic heterocycles. The van der Waals surface area contributed by atoms with Crippen LogP contribution in [0.3, 0.4) is 0 Å². The van der Waals surface area contributed by atoms with Crippen molar-refractivity contribution in [3.63, 3.8) is 0 Å². The number of benzene rings is 1. The minimum absolute atomic E-state index is 0.377. The first-order valence-corrected chi connectivity index (χ1v) is 6.67. The van der Waals surface area contributed by atoms with E-state index in [1.807, 2.05) is 0 Å². The molecule has 0 radical (unpaired) electrons. The van der Waals surface area contributed by atoms with Crippen molar-refractivity contribution in [2.75, 3.05) is 13.2 Å². The molecule has 94 valence electrons. The van der Waals surface area contributed by atoms with Gasteiger partial charge in [0.2, 0.25) is 0 Å². The maximum Gasteiger partial charge on any atom is 0.0700 e. The molecule has 1 saturated heterocycles. The van der Waals surface area contributed by atoms with Crippen LogP contribution in [0.5, 0.6) is 0 Å². The van der Waals surface area contributed by atoms with Crippen LogP contribution < -0.4 is 5.32 Å². The Morgan fingerprint density at radius 1 is 1.35 bits per heavy atom. The molecule has 0 bridgehead atoms. The van der Waals surface area contributed by atoms with Crippen molar-refractivity contribution in [1.82, 2.24) is 5.32 Å². The first-order valence-electron chi connectivity index (χ1n) is 6.67. The van der Waals surface area contributed by atoms with Crippen LogP contribution in [-0.2, 0) is 4.74 Å². The van der Waals surface area contributed by atoms with Crippen LogP contribution in [0.1, 0.15) is 38.2 Å². The standard InChI is InChI=1S/C15H23NO/c1-12(14-6-4-3-5-7-14)8-10-16-15-9-11-17-13(15)2/h3-7,12-13,15-16H,8-11H2,1-2H3. The Morgan fingerprint density at radius 3 is 2.76 bits per heavy atom. The molecule has 2 heteroatoms. The Morgan fingerprint density at radius 2 is 2.12 bits per heavy atom. The highest BCUT2D eigenvalue weighted by Gasteiger charge is 2.23. The first kappa shape index (κ1) is 12.6. The second kappa shape index (κ2) is 6.18. The summed E-state index contributed by atoms with van der Waals surface area (Å²) in [5, 5.41) is 3.61. The smallest absolute Gasteiger partial charge is 0.0700 e. The summed E-state index contributed by atoms with van der Waals surface area (Å²) in [6.07, 6.45) is 2.72. The molecular formula is C15H23NO. The van der Waals surface area contributed by atoms with E-state index < -0.39 is 0 Å². The van der Waals surface area contributed by atoms with Gasteiger partial charge in [0.1, 0.15) is 0 Å². The molecule has 1 heterocycles. The number of ether oxygens (including phenoxy) is 1. The number of hydrogen-bond acceptors (Lipinski definition) is 2. The van der Waals surface area contributed by atoms with E-state index in [0.717, 1.165) is 19.6 Å². The third-order valence-electron chi connectivity index (χ3n) is 3.73. The molecule has 1 aromatic carbocycles. The van der Waals surface area contributed by atoms with Crippen LogP contribution in [0, 0.1) is 0 Å². The van der Waals surface area contributed by atoms with Gasteiger partial charge in [0.25, 0.3) is 0 Å². The van der Waals surface area contributed by atoms with Gasteiger partial charge in [-0.3, -0.25) is 0 Å². The van der Waals surface area contributed by atoms with Crippen molar-refractivity contribution in [3.8, 4) is 0 Å². The highest BCUT2D eigenvalue weighted by Crippen LogP contribution is 2.18. The lowest BCUT2D eigenvalue weighted by molar-refractivity contribution is 0.113. The maximum atomic E-state index is 5.55. The lowest BCUT2D eigenvalue weighted by atomic mass is 9.98.